The number of benzene rings is 2. The maximum Gasteiger partial charge on any atom is 0.241 e. The van der Waals surface area contributed by atoms with Crippen LogP contribution in [-0.2, 0) is 4.79 Å². The number of halogens is 1. The molecule has 4 atom stereocenters. The molecule has 2 saturated heterocycles. The molecule has 0 spiro atoms. The van der Waals surface area contributed by atoms with Crippen LogP contribution in [0, 0.1) is 5.92 Å². The zero-order valence-corrected chi connectivity index (χ0v) is 13.9. The van der Waals surface area contributed by atoms with Gasteiger partial charge in [-0.15, -0.1) is 0 Å². The Morgan fingerprint density at radius 1 is 1.08 bits per heavy atom. The van der Waals surface area contributed by atoms with Crippen LogP contribution in [0.3, 0.4) is 0 Å². The average Bonchev–Trinajstić information content (AvgIpc) is 3.08. The molecule has 1 amide bonds. The van der Waals surface area contributed by atoms with Gasteiger partial charge in [0.25, 0.3) is 0 Å². The highest BCUT2D eigenvalue weighted by Gasteiger charge is 2.54. The number of rotatable bonds is 2. The van der Waals surface area contributed by atoms with Crippen LogP contribution in [0.25, 0.3) is 0 Å². The Kier molecular flexibility index (Phi) is 3.72. The Balaban J connectivity index is 1.79. The number of phenolic OH excluding ortho intramolecular Hbond substituents is 1. The molecule has 124 valence electrons. The van der Waals surface area contributed by atoms with Gasteiger partial charge in [0.2, 0.25) is 5.91 Å². The van der Waals surface area contributed by atoms with Gasteiger partial charge in [0.15, 0.2) is 0 Å². The summed E-state index contributed by atoms with van der Waals surface area (Å²) < 4.78 is 0. The van der Waals surface area contributed by atoms with E-state index >= 15 is 0 Å². The van der Waals surface area contributed by atoms with Crippen molar-refractivity contribution in [2.45, 2.75) is 18.1 Å². The van der Waals surface area contributed by atoms with E-state index in [-0.39, 0.29) is 35.7 Å². The molecule has 2 fully saturated rings. The largest absolute Gasteiger partial charge is 0.508 e. The van der Waals surface area contributed by atoms with Crippen LogP contribution in [0.1, 0.15) is 23.2 Å². The van der Waals surface area contributed by atoms with E-state index in [0.717, 1.165) is 11.1 Å². The summed E-state index contributed by atoms with van der Waals surface area (Å²) in [7, 11) is 1.82. The standard InChI is InChI=1S/C18H18ClN3O2/c1-22-17(10-5-4-6-11(19)9-10)14-15(20-21-16(14)18(22)24)12-7-2-3-8-13(12)23/h2-9,14-17,20-21,23H,1H3. The quantitative estimate of drug-likeness (QED) is 0.783. The maximum absolute atomic E-state index is 12.6. The molecule has 0 aliphatic carbocycles. The Hall–Kier alpha value is -2.08. The van der Waals surface area contributed by atoms with Crippen LogP contribution in [0.4, 0.5) is 0 Å². The number of phenols is 1. The Labute approximate surface area is 145 Å². The number of likely N-dealkylation sites (N-methyl/N-ethyl adjacent to an activating group) is 1. The van der Waals surface area contributed by atoms with E-state index in [0.29, 0.717) is 5.02 Å². The lowest BCUT2D eigenvalue weighted by Gasteiger charge is -2.29. The topological polar surface area (TPSA) is 64.6 Å². The Bertz CT molecular complexity index is 797. The lowest BCUT2D eigenvalue weighted by atomic mass is 9.83. The summed E-state index contributed by atoms with van der Waals surface area (Å²) in [6, 6.07) is 14.2. The van der Waals surface area contributed by atoms with Crippen molar-refractivity contribution in [2.24, 2.45) is 5.92 Å². The van der Waals surface area contributed by atoms with Gasteiger partial charge in [-0.3, -0.25) is 4.79 Å². The molecular formula is C18H18ClN3O2. The lowest BCUT2D eigenvalue weighted by Crippen LogP contribution is -2.39. The molecule has 2 aliphatic rings. The Morgan fingerprint density at radius 3 is 2.58 bits per heavy atom. The number of amides is 1. The second-order valence-electron chi connectivity index (χ2n) is 6.33. The normalized spacial score (nSPS) is 29.1. The van der Waals surface area contributed by atoms with Gasteiger partial charge in [-0.1, -0.05) is 41.9 Å². The number of nitrogens with zero attached hydrogens (tertiary/aromatic N) is 1. The number of hydrogen-bond donors (Lipinski definition) is 3. The number of nitrogens with one attached hydrogen (secondary N) is 2. The first-order chi connectivity index (χ1) is 11.6. The molecule has 2 aromatic carbocycles. The number of hydrogen-bond acceptors (Lipinski definition) is 4. The van der Waals surface area contributed by atoms with Gasteiger partial charge in [-0.25, -0.2) is 10.9 Å². The fourth-order valence-electron chi connectivity index (χ4n) is 3.94. The number of likely N-dealkylation sites (tertiary alicyclic amines) is 1. The molecule has 5 nitrogen and oxygen atoms in total. The number of carbonyl (C=O) groups is 1. The van der Waals surface area contributed by atoms with Crippen LogP contribution >= 0.6 is 11.6 Å². The molecule has 6 heteroatoms. The number of fused-ring (bicyclic) bond motifs is 1. The zero-order valence-electron chi connectivity index (χ0n) is 13.1. The molecule has 24 heavy (non-hydrogen) atoms. The molecule has 3 N–H and O–H groups in total. The maximum atomic E-state index is 12.6. The molecule has 0 aromatic heterocycles. The van der Waals surface area contributed by atoms with Crippen molar-refractivity contribution in [1.82, 2.24) is 15.8 Å². The van der Waals surface area contributed by atoms with E-state index in [9.17, 15) is 9.90 Å². The van der Waals surface area contributed by atoms with Crippen LogP contribution in [0.15, 0.2) is 48.5 Å². The molecule has 2 heterocycles. The monoisotopic (exact) mass is 343 g/mol. The van der Waals surface area contributed by atoms with Gasteiger partial charge in [-0.2, -0.15) is 0 Å². The molecule has 4 unspecified atom stereocenters. The first-order valence-corrected chi connectivity index (χ1v) is 8.27. The molecule has 2 aromatic rings. The summed E-state index contributed by atoms with van der Waals surface area (Å²) >= 11 is 6.15. The fourth-order valence-corrected chi connectivity index (χ4v) is 4.14. The van der Waals surface area contributed by atoms with E-state index in [2.05, 4.69) is 10.9 Å². The molecule has 0 radical (unpaired) electrons. The van der Waals surface area contributed by atoms with Crippen LogP contribution in [0.2, 0.25) is 5.02 Å². The van der Waals surface area contributed by atoms with Crippen LogP contribution in [-0.4, -0.2) is 29.0 Å². The van der Waals surface area contributed by atoms with E-state index in [1.54, 1.807) is 17.0 Å². The van der Waals surface area contributed by atoms with E-state index in [4.69, 9.17) is 11.6 Å². The highest BCUT2D eigenvalue weighted by molar-refractivity contribution is 6.30. The van der Waals surface area contributed by atoms with Gasteiger partial charge in [0.1, 0.15) is 11.8 Å². The van der Waals surface area contributed by atoms with Gasteiger partial charge < -0.3 is 10.0 Å². The third-order valence-electron chi connectivity index (χ3n) is 5.02. The number of hydrazine groups is 1. The van der Waals surface area contributed by atoms with E-state index in [1.807, 2.05) is 43.4 Å². The lowest BCUT2D eigenvalue weighted by molar-refractivity contribution is -0.129. The zero-order chi connectivity index (χ0) is 16.8. The minimum atomic E-state index is -0.330. The van der Waals surface area contributed by atoms with E-state index in [1.165, 1.54) is 0 Å². The first-order valence-electron chi connectivity index (χ1n) is 7.89. The fraction of sp³-hybridized carbons (Fsp3) is 0.278. The number of aromatic hydroxyl groups is 1. The van der Waals surface area contributed by atoms with Crippen molar-refractivity contribution in [2.75, 3.05) is 7.05 Å². The predicted octanol–water partition coefficient (Wildman–Crippen LogP) is 2.39. The number of carbonyl (C=O) groups excluding carboxylic acids is 1. The van der Waals surface area contributed by atoms with Crippen molar-refractivity contribution in [1.29, 1.82) is 0 Å². The summed E-state index contributed by atoms with van der Waals surface area (Å²) in [4.78, 5) is 14.4. The second-order valence-corrected chi connectivity index (χ2v) is 6.77. The summed E-state index contributed by atoms with van der Waals surface area (Å²) in [5, 5.41) is 10.9. The van der Waals surface area contributed by atoms with E-state index < -0.39 is 0 Å². The van der Waals surface area contributed by atoms with Crippen molar-refractivity contribution >= 4 is 17.5 Å². The minimum Gasteiger partial charge on any atom is -0.508 e. The molecule has 0 saturated carbocycles. The summed E-state index contributed by atoms with van der Waals surface area (Å²) in [6.45, 7) is 0. The van der Waals surface area contributed by atoms with Crippen molar-refractivity contribution < 1.29 is 9.90 Å². The van der Waals surface area contributed by atoms with Crippen LogP contribution < -0.4 is 10.9 Å². The highest BCUT2D eigenvalue weighted by atomic mass is 35.5. The first kappa shape index (κ1) is 15.4. The minimum absolute atomic E-state index is 0.0374. The van der Waals surface area contributed by atoms with Gasteiger partial charge in [0.05, 0.1) is 12.1 Å². The van der Waals surface area contributed by atoms with Crippen molar-refractivity contribution in [3.63, 3.8) is 0 Å². The third kappa shape index (κ3) is 2.28. The molecule has 2 aliphatic heterocycles. The molecular weight excluding hydrogens is 326 g/mol. The SMILES string of the molecule is CN1C(=O)C2NNC(c3ccccc3O)C2C1c1cccc(Cl)c1. The van der Waals surface area contributed by atoms with Crippen molar-refractivity contribution in [3.8, 4) is 5.75 Å². The predicted molar refractivity (Wildman–Crippen MR) is 91.4 cm³/mol. The third-order valence-corrected chi connectivity index (χ3v) is 5.26. The molecule has 4 rings (SSSR count). The summed E-state index contributed by atoms with van der Waals surface area (Å²) in [6.07, 6.45) is 0. The highest BCUT2D eigenvalue weighted by Crippen LogP contribution is 2.47. The van der Waals surface area contributed by atoms with Gasteiger partial charge >= 0.3 is 0 Å². The molecule has 0 bridgehead atoms. The Morgan fingerprint density at radius 2 is 1.83 bits per heavy atom. The van der Waals surface area contributed by atoms with Crippen LogP contribution in [0.5, 0.6) is 5.75 Å². The number of para-hydroxylation sites is 1. The smallest absolute Gasteiger partial charge is 0.241 e. The van der Waals surface area contributed by atoms with Gasteiger partial charge in [0, 0.05) is 23.6 Å². The van der Waals surface area contributed by atoms with Gasteiger partial charge in [-0.05, 0) is 23.8 Å². The summed E-state index contributed by atoms with van der Waals surface area (Å²) in [5.74, 6) is 0.217. The second kappa shape index (κ2) is 5.77. The average molecular weight is 344 g/mol. The summed E-state index contributed by atoms with van der Waals surface area (Å²) in [5.41, 5.74) is 8.08. The van der Waals surface area contributed by atoms with Crippen molar-refractivity contribution in [3.05, 3.63) is 64.7 Å².